The molecule has 0 saturated carbocycles. The molecule has 0 radical (unpaired) electrons. The average Bonchev–Trinajstić information content (AvgIpc) is 2.75. The lowest BCUT2D eigenvalue weighted by molar-refractivity contribution is 0.147. The third-order valence-electron chi connectivity index (χ3n) is 2.88. The Kier molecular flexibility index (Phi) is 4.67. The van der Waals surface area contributed by atoms with Crippen LogP contribution in [0, 0.1) is 11.6 Å². The van der Waals surface area contributed by atoms with Crippen molar-refractivity contribution in [3.05, 3.63) is 56.2 Å². The highest BCUT2D eigenvalue weighted by Crippen LogP contribution is 2.34. The van der Waals surface area contributed by atoms with Crippen LogP contribution in [-0.4, -0.2) is 11.7 Å². The molecule has 0 aliphatic rings. The summed E-state index contributed by atoms with van der Waals surface area (Å²) in [5.74, 6) is -1.90. The molecule has 0 bridgehead atoms. The number of aliphatic hydroxyl groups is 1. The molecule has 19 heavy (non-hydrogen) atoms. The second kappa shape index (κ2) is 6.09. The fraction of sp³-hybridized carbons (Fsp3) is 0.231. The predicted octanol–water partition coefficient (Wildman–Crippen LogP) is 3.56. The van der Waals surface area contributed by atoms with Crippen LogP contribution in [0.5, 0.6) is 0 Å². The van der Waals surface area contributed by atoms with Crippen LogP contribution < -0.4 is 5.73 Å². The summed E-state index contributed by atoms with van der Waals surface area (Å²) in [6, 6.07) is 4.97. The smallest absolute Gasteiger partial charge is 0.126 e. The Labute approximate surface area is 122 Å². The first kappa shape index (κ1) is 14.6. The van der Waals surface area contributed by atoms with Gasteiger partial charge >= 0.3 is 0 Å². The number of hydrogen-bond acceptors (Lipinski definition) is 3. The van der Waals surface area contributed by atoms with Gasteiger partial charge in [0.25, 0.3) is 0 Å². The highest BCUT2D eigenvalue weighted by atomic mass is 79.9. The van der Waals surface area contributed by atoms with Crippen LogP contribution in [0.15, 0.2) is 33.4 Å². The van der Waals surface area contributed by atoms with Gasteiger partial charge in [0.05, 0.1) is 9.89 Å². The van der Waals surface area contributed by atoms with Crippen LogP contribution >= 0.6 is 27.3 Å². The van der Waals surface area contributed by atoms with E-state index in [2.05, 4.69) is 15.9 Å². The zero-order valence-corrected chi connectivity index (χ0v) is 12.2. The summed E-state index contributed by atoms with van der Waals surface area (Å²) in [7, 11) is 0. The van der Waals surface area contributed by atoms with Crippen molar-refractivity contribution in [1.29, 1.82) is 0 Å². The molecule has 2 rings (SSSR count). The molecule has 1 aromatic heterocycles. The molecule has 1 aromatic carbocycles. The molecule has 102 valence electrons. The number of hydrogen-bond donors (Lipinski definition) is 2. The fourth-order valence-electron chi connectivity index (χ4n) is 1.95. The normalized spacial score (nSPS) is 14.4. The molecular weight excluding hydrogens is 336 g/mol. The molecule has 1 heterocycles. The summed E-state index contributed by atoms with van der Waals surface area (Å²) in [6.45, 7) is 0.0948. The molecule has 2 unspecified atom stereocenters. The first-order valence-corrected chi connectivity index (χ1v) is 7.26. The number of rotatable bonds is 4. The molecule has 0 aliphatic heterocycles. The van der Waals surface area contributed by atoms with Gasteiger partial charge in [0.2, 0.25) is 0 Å². The van der Waals surface area contributed by atoms with E-state index in [1.807, 2.05) is 0 Å². The lowest BCUT2D eigenvalue weighted by Gasteiger charge is -2.21. The first-order valence-electron chi connectivity index (χ1n) is 5.59. The zero-order chi connectivity index (χ0) is 14.0. The SMILES string of the molecule is NCC(c1cc(F)cc(F)c1)C(O)c1csc(Br)c1. The Morgan fingerprint density at radius 2 is 1.79 bits per heavy atom. The minimum absolute atomic E-state index is 0.0948. The monoisotopic (exact) mass is 347 g/mol. The number of thiophene rings is 1. The van der Waals surface area contributed by atoms with Crippen molar-refractivity contribution in [1.82, 2.24) is 0 Å². The summed E-state index contributed by atoms with van der Waals surface area (Å²) in [4.78, 5) is 0. The van der Waals surface area contributed by atoms with Crippen molar-refractivity contribution in [2.24, 2.45) is 5.73 Å². The van der Waals surface area contributed by atoms with Crippen molar-refractivity contribution in [3.8, 4) is 0 Å². The summed E-state index contributed by atoms with van der Waals surface area (Å²) in [6.07, 6.45) is -0.895. The molecule has 0 fully saturated rings. The van der Waals surface area contributed by atoms with E-state index in [9.17, 15) is 13.9 Å². The van der Waals surface area contributed by atoms with Crippen LogP contribution in [-0.2, 0) is 0 Å². The van der Waals surface area contributed by atoms with E-state index in [0.717, 1.165) is 9.85 Å². The van der Waals surface area contributed by atoms with Crippen molar-refractivity contribution in [2.45, 2.75) is 12.0 Å². The molecule has 2 nitrogen and oxygen atoms in total. The number of aliphatic hydroxyl groups excluding tert-OH is 1. The lowest BCUT2D eigenvalue weighted by atomic mass is 9.90. The van der Waals surface area contributed by atoms with Crippen LogP contribution in [0.4, 0.5) is 8.78 Å². The van der Waals surface area contributed by atoms with Gasteiger partial charge in [0.15, 0.2) is 0 Å². The minimum atomic E-state index is -0.895. The molecule has 0 amide bonds. The van der Waals surface area contributed by atoms with Crippen molar-refractivity contribution >= 4 is 27.3 Å². The maximum atomic E-state index is 13.2. The van der Waals surface area contributed by atoms with E-state index in [0.29, 0.717) is 11.1 Å². The molecule has 2 atom stereocenters. The Bertz CT molecular complexity index is 555. The van der Waals surface area contributed by atoms with Gasteiger partial charge in [-0.1, -0.05) is 0 Å². The van der Waals surface area contributed by atoms with Crippen LogP contribution in [0.2, 0.25) is 0 Å². The van der Waals surface area contributed by atoms with Gasteiger partial charge < -0.3 is 10.8 Å². The third kappa shape index (κ3) is 3.39. The number of halogens is 3. The molecule has 0 spiro atoms. The molecule has 3 N–H and O–H groups in total. The summed E-state index contributed by atoms with van der Waals surface area (Å²) in [5.41, 5.74) is 6.67. The van der Waals surface area contributed by atoms with E-state index >= 15 is 0 Å². The number of nitrogens with two attached hydrogens (primary N) is 1. The molecule has 6 heteroatoms. The quantitative estimate of drug-likeness (QED) is 0.888. The van der Waals surface area contributed by atoms with Crippen molar-refractivity contribution in [3.63, 3.8) is 0 Å². The topological polar surface area (TPSA) is 46.2 Å². The molecule has 2 aromatic rings. The Balaban J connectivity index is 2.33. The fourth-order valence-corrected chi connectivity index (χ4v) is 3.15. The van der Waals surface area contributed by atoms with Gasteiger partial charge in [0, 0.05) is 18.5 Å². The van der Waals surface area contributed by atoms with Crippen LogP contribution in [0.25, 0.3) is 0 Å². The predicted molar refractivity (Wildman–Crippen MR) is 75.1 cm³/mol. The van der Waals surface area contributed by atoms with Crippen LogP contribution in [0.3, 0.4) is 0 Å². The van der Waals surface area contributed by atoms with Gasteiger partial charge in [-0.05, 0) is 50.6 Å². The second-order valence-corrected chi connectivity index (χ2v) is 6.46. The van der Waals surface area contributed by atoms with Gasteiger partial charge in [-0.3, -0.25) is 0 Å². The van der Waals surface area contributed by atoms with Crippen molar-refractivity contribution in [2.75, 3.05) is 6.54 Å². The van der Waals surface area contributed by atoms with Gasteiger partial charge in [0.1, 0.15) is 11.6 Å². The summed E-state index contributed by atoms with van der Waals surface area (Å²) >= 11 is 4.74. The Morgan fingerprint density at radius 1 is 1.16 bits per heavy atom. The summed E-state index contributed by atoms with van der Waals surface area (Å²) in [5, 5.41) is 12.1. The standard InChI is InChI=1S/C13H12BrF2NOS/c14-12-3-8(6-19-12)13(18)11(5-17)7-1-9(15)4-10(16)2-7/h1-4,6,11,13,18H,5,17H2. The van der Waals surface area contributed by atoms with E-state index < -0.39 is 23.7 Å². The van der Waals surface area contributed by atoms with Crippen molar-refractivity contribution < 1.29 is 13.9 Å². The summed E-state index contributed by atoms with van der Waals surface area (Å²) < 4.78 is 27.3. The first-order chi connectivity index (χ1) is 9.01. The molecule has 0 saturated heterocycles. The van der Waals surface area contributed by atoms with E-state index in [1.54, 1.807) is 11.4 Å². The highest BCUT2D eigenvalue weighted by molar-refractivity contribution is 9.11. The van der Waals surface area contributed by atoms with Gasteiger partial charge in [-0.25, -0.2) is 8.78 Å². The second-order valence-electron chi connectivity index (χ2n) is 4.17. The highest BCUT2D eigenvalue weighted by Gasteiger charge is 2.23. The minimum Gasteiger partial charge on any atom is -0.388 e. The van der Waals surface area contributed by atoms with Gasteiger partial charge in [-0.2, -0.15) is 0 Å². The third-order valence-corrected chi connectivity index (χ3v) is 4.40. The van der Waals surface area contributed by atoms with E-state index in [4.69, 9.17) is 5.73 Å². The van der Waals surface area contributed by atoms with Crippen LogP contribution in [0.1, 0.15) is 23.1 Å². The Morgan fingerprint density at radius 3 is 2.26 bits per heavy atom. The average molecular weight is 348 g/mol. The van der Waals surface area contributed by atoms with E-state index in [-0.39, 0.29) is 6.54 Å². The zero-order valence-electron chi connectivity index (χ0n) is 9.82. The largest absolute Gasteiger partial charge is 0.388 e. The maximum absolute atomic E-state index is 13.2. The molecular formula is C13H12BrF2NOS. The maximum Gasteiger partial charge on any atom is 0.126 e. The van der Waals surface area contributed by atoms with Gasteiger partial charge in [-0.15, -0.1) is 11.3 Å². The number of benzene rings is 1. The Hall–Kier alpha value is -0.820. The van der Waals surface area contributed by atoms with E-state index in [1.165, 1.54) is 23.5 Å². The molecule has 0 aliphatic carbocycles. The lowest BCUT2D eigenvalue weighted by Crippen LogP contribution is -2.20.